The van der Waals surface area contributed by atoms with Gasteiger partial charge in [-0.3, -0.25) is 0 Å². The monoisotopic (exact) mass is 193 g/mol. The average Bonchev–Trinajstić information content (AvgIpc) is 2.03. The number of carbonyl (C=O) groups excluding carboxylic acids is 2. The number of hydrogen-bond donors (Lipinski definition) is 2. The second kappa shape index (κ2) is 5.84. The molecule has 0 aromatic carbocycles. The molecule has 0 saturated heterocycles. The van der Waals surface area contributed by atoms with Crippen LogP contribution in [0.25, 0.3) is 0 Å². The van der Waals surface area contributed by atoms with Gasteiger partial charge in [0.2, 0.25) is 0 Å². The fourth-order valence-corrected chi connectivity index (χ4v) is 0.529. The Hall–Kier alpha value is -0.750. The third-order valence-electron chi connectivity index (χ3n) is 0.946. The van der Waals surface area contributed by atoms with Crippen LogP contribution in [0.5, 0.6) is 0 Å². The number of ether oxygens (including phenoxy) is 2. The molecule has 0 aromatic rings. The summed E-state index contributed by atoms with van der Waals surface area (Å²) >= 11 is 3.75. The van der Waals surface area contributed by atoms with Gasteiger partial charge in [-0.05, 0) is 6.92 Å². The third-order valence-corrected chi connectivity index (χ3v) is 1.34. The summed E-state index contributed by atoms with van der Waals surface area (Å²) in [5, 5.41) is 0. The van der Waals surface area contributed by atoms with Gasteiger partial charge in [0.25, 0.3) is 0 Å². The Morgan fingerprint density at radius 1 is 1.58 bits per heavy atom. The van der Waals surface area contributed by atoms with E-state index in [1.54, 1.807) is 6.92 Å². The highest BCUT2D eigenvalue weighted by molar-refractivity contribution is 7.80. The first-order valence-electron chi connectivity index (χ1n) is 3.36. The van der Waals surface area contributed by atoms with Crippen molar-refractivity contribution < 1.29 is 19.1 Å². The van der Waals surface area contributed by atoms with Crippen molar-refractivity contribution in [2.24, 2.45) is 5.73 Å². The fraction of sp³-hybridized carbons (Fsp3) is 0.667. The zero-order valence-electron chi connectivity index (χ0n) is 6.65. The highest BCUT2D eigenvalue weighted by Gasteiger charge is 2.17. The molecule has 12 heavy (non-hydrogen) atoms. The normalized spacial score (nSPS) is 11.9. The molecule has 0 aliphatic carbocycles. The zero-order valence-corrected chi connectivity index (χ0v) is 7.54. The van der Waals surface area contributed by atoms with Crippen molar-refractivity contribution in [3.63, 3.8) is 0 Å². The summed E-state index contributed by atoms with van der Waals surface area (Å²) in [6, 6.07) is -0.891. The van der Waals surface area contributed by atoms with E-state index in [0.717, 1.165) is 0 Å². The molecule has 0 unspecified atom stereocenters. The minimum Gasteiger partial charge on any atom is -0.434 e. The van der Waals surface area contributed by atoms with Crippen LogP contribution in [0.2, 0.25) is 0 Å². The highest BCUT2D eigenvalue weighted by Crippen LogP contribution is 1.91. The van der Waals surface area contributed by atoms with E-state index in [-0.39, 0.29) is 12.4 Å². The van der Waals surface area contributed by atoms with E-state index in [4.69, 9.17) is 5.73 Å². The van der Waals surface area contributed by atoms with Crippen molar-refractivity contribution in [2.45, 2.75) is 13.0 Å². The number of carbonyl (C=O) groups is 2. The Morgan fingerprint density at radius 2 is 2.17 bits per heavy atom. The average molecular weight is 193 g/mol. The van der Waals surface area contributed by atoms with E-state index in [0.29, 0.717) is 0 Å². The van der Waals surface area contributed by atoms with Crippen molar-refractivity contribution in [1.29, 1.82) is 0 Å². The summed E-state index contributed by atoms with van der Waals surface area (Å²) < 4.78 is 8.51. The molecule has 0 amide bonds. The van der Waals surface area contributed by atoms with Crippen LogP contribution in [0, 0.1) is 0 Å². The van der Waals surface area contributed by atoms with Gasteiger partial charge in [-0.1, -0.05) is 0 Å². The molecule has 1 atom stereocenters. The SMILES string of the molecule is CCOC(=O)OC(=O)[C@@H](N)CS. The van der Waals surface area contributed by atoms with Crippen molar-refractivity contribution in [1.82, 2.24) is 0 Å². The van der Waals surface area contributed by atoms with Crippen LogP contribution in [0.15, 0.2) is 0 Å². The molecule has 0 rings (SSSR count). The zero-order chi connectivity index (χ0) is 9.56. The lowest BCUT2D eigenvalue weighted by Crippen LogP contribution is -2.35. The number of thiol groups is 1. The second-order valence-corrected chi connectivity index (χ2v) is 2.26. The molecule has 0 aliphatic heterocycles. The Kier molecular flexibility index (Phi) is 5.48. The minimum atomic E-state index is -1.03. The molecule has 0 spiro atoms. The Bertz CT molecular complexity index is 173. The van der Waals surface area contributed by atoms with Crippen LogP contribution >= 0.6 is 12.6 Å². The van der Waals surface area contributed by atoms with Gasteiger partial charge in [0.15, 0.2) is 0 Å². The first kappa shape index (κ1) is 11.2. The fourth-order valence-electron chi connectivity index (χ4n) is 0.380. The van der Waals surface area contributed by atoms with Gasteiger partial charge in [0.1, 0.15) is 6.04 Å². The molecule has 6 heteroatoms. The summed E-state index contributed by atoms with van der Waals surface area (Å²) in [4.78, 5) is 21.3. The molecule has 0 saturated carbocycles. The summed E-state index contributed by atoms with van der Waals surface area (Å²) in [6.45, 7) is 1.76. The molecule has 0 aliphatic rings. The molecule has 0 bridgehead atoms. The van der Waals surface area contributed by atoms with Gasteiger partial charge in [0, 0.05) is 5.75 Å². The van der Waals surface area contributed by atoms with E-state index in [1.165, 1.54) is 0 Å². The Balaban J connectivity index is 3.76. The standard InChI is InChI=1S/C6H11NO4S/c1-2-10-6(9)11-5(8)4(7)3-12/h4,12H,2-3,7H2,1H3/t4-/m0/s1. The van der Waals surface area contributed by atoms with Gasteiger partial charge in [-0.15, -0.1) is 0 Å². The molecule has 0 aromatic heterocycles. The molecule has 0 radical (unpaired) electrons. The quantitative estimate of drug-likeness (QED) is 0.373. The lowest BCUT2D eigenvalue weighted by molar-refractivity contribution is -0.140. The molecule has 0 heterocycles. The summed E-state index contributed by atoms with van der Waals surface area (Å²) in [5.74, 6) is -0.707. The minimum absolute atomic E-state index is 0.123. The predicted molar refractivity (Wildman–Crippen MR) is 44.9 cm³/mol. The lowest BCUT2D eigenvalue weighted by atomic mass is 10.4. The summed E-state index contributed by atoms with van der Waals surface area (Å²) in [7, 11) is 0. The van der Waals surface area contributed by atoms with Gasteiger partial charge >= 0.3 is 12.1 Å². The van der Waals surface area contributed by atoms with E-state index in [2.05, 4.69) is 22.1 Å². The van der Waals surface area contributed by atoms with Crippen LogP contribution < -0.4 is 5.73 Å². The predicted octanol–water partition coefficient (Wildman–Crippen LogP) is -0.0568. The maximum absolute atomic E-state index is 10.8. The van der Waals surface area contributed by atoms with Crippen molar-refractivity contribution >= 4 is 24.8 Å². The molecule has 0 fully saturated rings. The van der Waals surface area contributed by atoms with Gasteiger partial charge < -0.3 is 15.2 Å². The lowest BCUT2D eigenvalue weighted by Gasteiger charge is -2.06. The summed E-state index contributed by atoms with van der Waals surface area (Å²) in [5.41, 5.74) is 5.20. The maximum atomic E-state index is 10.8. The second-order valence-electron chi connectivity index (χ2n) is 1.89. The van der Waals surface area contributed by atoms with Crippen molar-refractivity contribution in [3.8, 4) is 0 Å². The van der Waals surface area contributed by atoms with Gasteiger partial charge in [-0.25, -0.2) is 9.59 Å². The third kappa shape index (κ3) is 4.20. The van der Waals surface area contributed by atoms with E-state index >= 15 is 0 Å². The summed E-state index contributed by atoms with van der Waals surface area (Å²) in [6.07, 6.45) is -1.03. The number of hydrogen-bond acceptors (Lipinski definition) is 6. The number of esters is 1. The van der Waals surface area contributed by atoms with Crippen LogP contribution in [0.3, 0.4) is 0 Å². The van der Waals surface area contributed by atoms with E-state index in [1.807, 2.05) is 0 Å². The topological polar surface area (TPSA) is 78.6 Å². The van der Waals surface area contributed by atoms with E-state index in [9.17, 15) is 9.59 Å². The van der Waals surface area contributed by atoms with Crippen LogP contribution in [-0.4, -0.2) is 30.5 Å². The molecule has 5 nitrogen and oxygen atoms in total. The highest BCUT2D eigenvalue weighted by atomic mass is 32.1. The molecule has 2 N–H and O–H groups in total. The van der Waals surface area contributed by atoms with Crippen LogP contribution in [0.1, 0.15) is 6.92 Å². The van der Waals surface area contributed by atoms with Gasteiger partial charge in [0.05, 0.1) is 6.61 Å². The first-order valence-corrected chi connectivity index (χ1v) is 4.00. The Morgan fingerprint density at radius 3 is 2.58 bits per heavy atom. The van der Waals surface area contributed by atoms with Crippen molar-refractivity contribution in [2.75, 3.05) is 12.4 Å². The smallest absolute Gasteiger partial charge is 0.434 e. The Labute approximate surface area is 75.6 Å². The number of nitrogens with two attached hydrogens (primary N) is 1. The van der Waals surface area contributed by atoms with Crippen LogP contribution in [-0.2, 0) is 14.3 Å². The molecular formula is C6H11NO4S. The maximum Gasteiger partial charge on any atom is 0.516 e. The molecular weight excluding hydrogens is 182 g/mol. The largest absolute Gasteiger partial charge is 0.516 e. The molecule has 70 valence electrons. The van der Waals surface area contributed by atoms with Crippen LogP contribution in [0.4, 0.5) is 4.79 Å². The first-order chi connectivity index (χ1) is 5.61. The van der Waals surface area contributed by atoms with Gasteiger partial charge in [-0.2, -0.15) is 12.6 Å². The number of rotatable bonds is 3. The van der Waals surface area contributed by atoms with E-state index < -0.39 is 18.2 Å². The van der Waals surface area contributed by atoms with Crippen molar-refractivity contribution in [3.05, 3.63) is 0 Å².